The van der Waals surface area contributed by atoms with Crippen molar-refractivity contribution in [3.05, 3.63) is 82.3 Å². The van der Waals surface area contributed by atoms with Crippen LogP contribution in [-0.4, -0.2) is 38.1 Å². The molecule has 1 saturated heterocycles. The molecule has 1 unspecified atom stereocenters. The van der Waals surface area contributed by atoms with Crippen LogP contribution in [0.5, 0.6) is 5.75 Å². The highest BCUT2D eigenvalue weighted by molar-refractivity contribution is 5.67. The van der Waals surface area contributed by atoms with E-state index in [4.69, 9.17) is 0 Å². The van der Waals surface area contributed by atoms with Gasteiger partial charge in [0.1, 0.15) is 12.3 Å². The Morgan fingerprint density at radius 2 is 1.71 bits per heavy atom. The van der Waals surface area contributed by atoms with E-state index in [2.05, 4.69) is 33.9 Å². The number of alkyl halides is 3. The Labute approximate surface area is 202 Å². The van der Waals surface area contributed by atoms with Gasteiger partial charge in [-0.2, -0.15) is 0 Å². The summed E-state index contributed by atoms with van der Waals surface area (Å²) in [5.41, 5.74) is 5.13. The van der Waals surface area contributed by atoms with Crippen LogP contribution in [0.4, 0.5) is 18.9 Å². The van der Waals surface area contributed by atoms with Gasteiger partial charge in [0.15, 0.2) is 0 Å². The number of hydrogen-bond donors (Lipinski definition) is 1. The normalized spacial score (nSPS) is 21.3. The van der Waals surface area contributed by atoms with Gasteiger partial charge in [0.25, 0.3) is 5.56 Å². The van der Waals surface area contributed by atoms with E-state index >= 15 is 0 Å². The van der Waals surface area contributed by atoms with Crippen LogP contribution in [0, 0.1) is 5.92 Å². The predicted molar refractivity (Wildman–Crippen MR) is 129 cm³/mol. The van der Waals surface area contributed by atoms with Crippen LogP contribution in [0.2, 0.25) is 0 Å². The maximum Gasteiger partial charge on any atom is 0.573 e. The number of quaternary nitrogens is 1. The van der Waals surface area contributed by atoms with Gasteiger partial charge in [-0.05, 0) is 42.3 Å². The number of aromatic nitrogens is 1. The van der Waals surface area contributed by atoms with Crippen LogP contribution in [0.15, 0.2) is 65.5 Å². The van der Waals surface area contributed by atoms with Crippen molar-refractivity contribution in [2.45, 2.75) is 31.8 Å². The summed E-state index contributed by atoms with van der Waals surface area (Å²) >= 11 is 0. The number of rotatable bonds is 5. The molecule has 1 aromatic heterocycles. The number of anilines is 1. The second-order valence-corrected chi connectivity index (χ2v) is 9.85. The van der Waals surface area contributed by atoms with Gasteiger partial charge in [0, 0.05) is 61.1 Å². The first-order chi connectivity index (χ1) is 16.7. The van der Waals surface area contributed by atoms with E-state index in [1.807, 2.05) is 24.7 Å². The minimum atomic E-state index is -4.73. The van der Waals surface area contributed by atoms with E-state index in [-0.39, 0.29) is 17.2 Å². The first-order valence-corrected chi connectivity index (χ1v) is 11.9. The highest BCUT2D eigenvalue weighted by Gasteiger charge is 2.39. The molecule has 0 aliphatic carbocycles. The summed E-state index contributed by atoms with van der Waals surface area (Å²) in [7, 11) is 4.06. The summed E-state index contributed by atoms with van der Waals surface area (Å²) < 4.78 is 43.6. The molecule has 2 aliphatic heterocycles. The van der Waals surface area contributed by atoms with Gasteiger partial charge in [-0.15, -0.1) is 13.2 Å². The van der Waals surface area contributed by atoms with Gasteiger partial charge in [-0.3, -0.25) is 4.79 Å². The van der Waals surface area contributed by atoms with Crippen molar-refractivity contribution in [3.63, 3.8) is 0 Å². The molecular weight excluding hydrogens is 455 g/mol. The number of fused-ring (bicyclic) bond motifs is 4. The van der Waals surface area contributed by atoms with Crippen molar-refractivity contribution in [1.29, 1.82) is 0 Å². The van der Waals surface area contributed by atoms with Crippen molar-refractivity contribution in [1.82, 2.24) is 4.57 Å². The van der Waals surface area contributed by atoms with Gasteiger partial charge in [-0.25, -0.2) is 0 Å². The van der Waals surface area contributed by atoms with Crippen LogP contribution in [-0.2, 0) is 13.1 Å². The Morgan fingerprint density at radius 3 is 2.37 bits per heavy atom. The Hall–Kier alpha value is -3.26. The molecule has 3 heterocycles. The van der Waals surface area contributed by atoms with Crippen LogP contribution in [0.3, 0.4) is 0 Å². The molecule has 0 amide bonds. The molecule has 3 aromatic rings. The quantitative estimate of drug-likeness (QED) is 0.601. The second-order valence-electron chi connectivity index (χ2n) is 9.85. The van der Waals surface area contributed by atoms with Crippen molar-refractivity contribution in [3.8, 4) is 16.9 Å². The fourth-order valence-electron chi connectivity index (χ4n) is 5.66. The Kier molecular flexibility index (Phi) is 6.09. The smallest absolute Gasteiger partial charge is 0.406 e. The van der Waals surface area contributed by atoms with Crippen molar-refractivity contribution >= 4 is 5.69 Å². The van der Waals surface area contributed by atoms with Gasteiger partial charge < -0.3 is 19.1 Å². The number of ether oxygens (including phenoxy) is 1. The molecule has 5 nitrogen and oxygen atoms in total. The Bertz CT molecular complexity index is 1250. The van der Waals surface area contributed by atoms with Crippen LogP contribution in [0.1, 0.15) is 23.6 Å². The molecule has 2 aliphatic rings. The molecule has 0 spiro atoms. The SMILES string of the molecule is CN(C)c1ccc(C[NH+]2C[C@@H]3C[C@H](C2)c2c(-c4ccc(OC(F)(F)F)cc4)ccc(=O)n2C3)cc1. The maximum absolute atomic E-state index is 12.8. The number of hydrogen-bond acceptors (Lipinski definition) is 3. The number of nitrogens with one attached hydrogen (secondary N) is 1. The van der Waals surface area contributed by atoms with E-state index < -0.39 is 6.36 Å². The zero-order valence-electron chi connectivity index (χ0n) is 19.8. The van der Waals surface area contributed by atoms with Crippen molar-refractivity contribution in [2.75, 3.05) is 32.1 Å². The van der Waals surface area contributed by atoms with Gasteiger partial charge in [0.2, 0.25) is 0 Å². The molecule has 2 aromatic carbocycles. The standard InChI is InChI=1S/C27H28F3N3O2/c1-31(2)22-7-3-18(4-8-22)14-32-15-19-13-21(17-32)26-24(11-12-25(34)33(26)16-19)20-5-9-23(10-6-20)35-27(28,29)30/h3-12,19,21H,13-17H2,1-2H3/p+1/t19-,21+/m0/s1. The van der Waals surface area contributed by atoms with E-state index in [9.17, 15) is 18.0 Å². The summed E-state index contributed by atoms with van der Waals surface area (Å²) in [6, 6.07) is 17.9. The fraction of sp³-hybridized carbons (Fsp3) is 0.370. The average Bonchev–Trinajstić information content (AvgIpc) is 2.80. The number of pyridine rings is 1. The van der Waals surface area contributed by atoms with Crippen LogP contribution < -0.4 is 20.1 Å². The highest BCUT2D eigenvalue weighted by atomic mass is 19.4. The lowest BCUT2D eigenvalue weighted by atomic mass is 9.80. The van der Waals surface area contributed by atoms with Crippen molar-refractivity contribution in [2.24, 2.45) is 5.92 Å². The molecule has 2 bridgehead atoms. The molecule has 0 radical (unpaired) electrons. The first kappa shape index (κ1) is 23.5. The predicted octanol–water partition coefficient (Wildman–Crippen LogP) is 3.68. The molecule has 8 heteroatoms. The molecule has 35 heavy (non-hydrogen) atoms. The molecule has 1 N–H and O–H groups in total. The molecule has 3 atom stereocenters. The molecule has 1 fully saturated rings. The molecule has 0 saturated carbocycles. The zero-order valence-corrected chi connectivity index (χ0v) is 19.8. The summed E-state index contributed by atoms with van der Waals surface area (Å²) in [6.45, 7) is 3.54. The number of piperidine rings is 1. The van der Waals surface area contributed by atoms with Gasteiger partial charge >= 0.3 is 6.36 Å². The minimum Gasteiger partial charge on any atom is -0.406 e. The third-order valence-corrected chi connectivity index (χ3v) is 7.09. The van der Waals surface area contributed by atoms with E-state index in [1.54, 1.807) is 18.2 Å². The van der Waals surface area contributed by atoms with Gasteiger partial charge in [0.05, 0.1) is 13.1 Å². The third kappa shape index (κ3) is 5.07. The summed E-state index contributed by atoms with van der Waals surface area (Å²) in [5.74, 6) is 0.387. The van der Waals surface area contributed by atoms with Gasteiger partial charge in [-0.1, -0.05) is 24.3 Å². The number of nitrogens with zero attached hydrogens (tertiary/aromatic N) is 2. The van der Waals surface area contributed by atoms with Crippen LogP contribution in [0.25, 0.3) is 11.1 Å². The highest BCUT2D eigenvalue weighted by Crippen LogP contribution is 2.37. The Morgan fingerprint density at radius 1 is 1.00 bits per heavy atom. The second kappa shape index (κ2) is 9.07. The monoisotopic (exact) mass is 484 g/mol. The number of halogens is 3. The minimum absolute atomic E-state index is 0.0156. The number of likely N-dealkylation sites (tertiary alicyclic amines) is 1. The lowest BCUT2D eigenvalue weighted by Gasteiger charge is -2.41. The lowest BCUT2D eigenvalue weighted by Crippen LogP contribution is -3.13. The topological polar surface area (TPSA) is 38.9 Å². The third-order valence-electron chi connectivity index (χ3n) is 7.09. The van der Waals surface area contributed by atoms with E-state index in [1.165, 1.54) is 28.3 Å². The molecular formula is C27H29F3N3O2+. The summed E-state index contributed by atoms with van der Waals surface area (Å²) in [5, 5.41) is 0. The van der Waals surface area contributed by atoms with Crippen LogP contribution >= 0.6 is 0 Å². The Balaban J connectivity index is 1.41. The largest absolute Gasteiger partial charge is 0.573 e. The lowest BCUT2D eigenvalue weighted by molar-refractivity contribution is -0.924. The van der Waals surface area contributed by atoms with E-state index in [0.717, 1.165) is 42.9 Å². The zero-order chi connectivity index (χ0) is 24.7. The first-order valence-electron chi connectivity index (χ1n) is 11.9. The average molecular weight is 485 g/mol. The number of benzene rings is 2. The maximum atomic E-state index is 12.8. The fourth-order valence-corrected chi connectivity index (χ4v) is 5.66. The summed E-state index contributed by atoms with van der Waals surface area (Å²) in [4.78, 5) is 16.3. The molecule has 184 valence electrons. The van der Waals surface area contributed by atoms with E-state index in [0.29, 0.717) is 12.5 Å². The van der Waals surface area contributed by atoms with Crippen molar-refractivity contribution < 1.29 is 22.8 Å². The molecule has 5 rings (SSSR count). The summed E-state index contributed by atoms with van der Waals surface area (Å²) in [6.07, 6.45) is -3.70.